The van der Waals surface area contributed by atoms with Crippen molar-refractivity contribution in [2.45, 2.75) is 13.8 Å². The zero-order valence-corrected chi connectivity index (χ0v) is 11.1. The third kappa shape index (κ3) is 2.73. The summed E-state index contributed by atoms with van der Waals surface area (Å²) in [7, 11) is 1.60. The molecule has 0 heterocycles. The van der Waals surface area contributed by atoms with Gasteiger partial charge in [0, 0.05) is 12.5 Å². The molecule has 0 saturated carbocycles. The van der Waals surface area contributed by atoms with E-state index in [0.717, 1.165) is 16.3 Å². The van der Waals surface area contributed by atoms with Crippen molar-refractivity contribution in [1.29, 1.82) is 0 Å². The molecule has 0 aliphatic rings. The lowest BCUT2D eigenvalue weighted by Gasteiger charge is -2.11. The Morgan fingerprint density at radius 2 is 1.84 bits per heavy atom. The van der Waals surface area contributed by atoms with Crippen LogP contribution in [0.25, 0.3) is 10.8 Å². The number of methoxy groups -OCH3 is 1. The first-order valence-corrected chi connectivity index (χ1v) is 5.91. The van der Waals surface area contributed by atoms with Crippen molar-refractivity contribution in [2.75, 3.05) is 7.11 Å². The van der Waals surface area contributed by atoms with Gasteiger partial charge < -0.3 is 9.57 Å². The van der Waals surface area contributed by atoms with Crippen LogP contribution in [0.5, 0.6) is 5.75 Å². The maximum absolute atomic E-state index is 10.8. The molecule has 0 saturated heterocycles. The molecule has 19 heavy (non-hydrogen) atoms. The van der Waals surface area contributed by atoms with Crippen molar-refractivity contribution >= 4 is 22.5 Å². The summed E-state index contributed by atoms with van der Waals surface area (Å²) in [6, 6.07) is 11.8. The van der Waals surface area contributed by atoms with Crippen LogP contribution in [0, 0.1) is 0 Å². The quantitative estimate of drug-likeness (QED) is 0.482. The van der Waals surface area contributed by atoms with E-state index in [4.69, 9.17) is 9.57 Å². The van der Waals surface area contributed by atoms with E-state index in [-0.39, 0.29) is 0 Å². The van der Waals surface area contributed by atoms with Crippen LogP contribution in [-0.4, -0.2) is 18.8 Å². The molecule has 0 amide bonds. The molecule has 0 aliphatic heterocycles. The minimum atomic E-state index is -0.446. The fraction of sp³-hybridized carbons (Fsp3) is 0.200. The first-order valence-electron chi connectivity index (χ1n) is 5.91. The van der Waals surface area contributed by atoms with E-state index in [1.54, 1.807) is 14.0 Å². The summed E-state index contributed by atoms with van der Waals surface area (Å²) in [6.07, 6.45) is 0. The van der Waals surface area contributed by atoms with Crippen molar-refractivity contribution in [1.82, 2.24) is 0 Å². The van der Waals surface area contributed by atoms with Crippen molar-refractivity contribution < 1.29 is 14.4 Å². The van der Waals surface area contributed by atoms with E-state index in [1.807, 2.05) is 36.4 Å². The van der Waals surface area contributed by atoms with Gasteiger partial charge in [-0.25, -0.2) is 4.79 Å². The lowest BCUT2D eigenvalue weighted by atomic mass is 10.0. The number of ether oxygens (including phenoxy) is 1. The molecule has 0 bridgehead atoms. The maximum atomic E-state index is 10.8. The van der Waals surface area contributed by atoms with Crippen molar-refractivity contribution in [2.24, 2.45) is 5.16 Å². The standard InChI is InChI=1S/C15H15NO3/c1-10(16-19-11(2)17)15-13-7-5-4-6-12(13)8-9-14(15)18-3/h4-9H,1-3H3. The maximum Gasteiger partial charge on any atom is 0.331 e. The Hall–Kier alpha value is -2.36. The molecule has 0 fully saturated rings. The highest BCUT2D eigenvalue weighted by Crippen LogP contribution is 2.28. The number of nitrogens with zero attached hydrogens (tertiary/aromatic N) is 1. The molecule has 2 aromatic carbocycles. The Morgan fingerprint density at radius 1 is 1.11 bits per heavy atom. The van der Waals surface area contributed by atoms with Crippen LogP contribution < -0.4 is 4.74 Å². The topological polar surface area (TPSA) is 47.9 Å². The summed E-state index contributed by atoms with van der Waals surface area (Å²) in [5, 5.41) is 5.93. The van der Waals surface area contributed by atoms with Gasteiger partial charge >= 0.3 is 5.97 Å². The largest absolute Gasteiger partial charge is 0.496 e. The van der Waals surface area contributed by atoms with E-state index in [1.165, 1.54) is 6.92 Å². The van der Waals surface area contributed by atoms with Gasteiger partial charge in [0.1, 0.15) is 5.75 Å². The Morgan fingerprint density at radius 3 is 2.53 bits per heavy atom. The number of carbonyl (C=O) groups excluding carboxylic acids is 1. The summed E-state index contributed by atoms with van der Waals surface area (Å²) >= 11 is 0. The van der Waals surface area contributed by atoms with Gasteiger partial charge in [-0.3, -0.25) is 0 Å². The Kier molecular flexibility index (Phi) is 3.80. The molecule has 4 heteroatoms. The highest BCUT2D eigenvalue weighted by Gasteiger charge is 2.11. The summed E-state index contributed by atoms with van der Waals surface area (Å²) < 4.78 is 5.36. The first kappa shape index (κ1) is 13.1. The van der Waals surface area contributed by atoms with E-state index in [2.05, 4.69) is 5.16 Å². The predicted molar refractivity (Wildman–Crippen MR) is 74.5 cm³/mol. The van der Waals surface area contributed by atoms with Crippen molar-refractivity contribution in [3.63, 3.8) is 0 Å². The molecule has 2 aromatic rings. The van der Waals surface area contributed by atoms with Crippen LogP contribution in [0.4, 0.5) is 0 Å². The zero-order valence-electron chi connectivity index (χ0n) is 11.1. The van der Waals surface area contributed by atoms with Crippen LogP contribution in [-0.2, 0) is 9.63 Å². The second-order valence-electron chi connectivity index (χ2n) is 4.12. The molecule has 0 spiro atoms. The predicted octanol–water partition coefficient (Wildman–Crippen LogP) is 3.14. The minimum Gasteiger partial charge on any atom is -0.496 e. The molecule has 0 radical (unpaired) electrons. The monoisotopic (exact) mass is 257 g/mol. The molecule has 0 atom stereocenters. The van der Waals surface area contributed by atoms with Gasteiger partial charge in [-0.2, -0.15) is 0 Å². The van der Waals surface area contributed by atoms with Crippen LogP contribution in [0.15, 0.2) is 41.6 Å². The number of rotatable bonds is 3. The van der Waals surface area contributed by atoms with Gasteiger partial charge in [-0.15, -0.1) is 0 Å². The highest BCUT2D eigenvalue weighted by molar-refractivity contribution is 6.12. The van der Waals surface area contributed by atoms with Gasteiger partial charge in [0.25, 0.3) is 0 Å². The number of fused-ring (bicyclic) bond motifs is 1. The second kappa shape index (κ2) is 5.52. The molecule has 0 unspecified atom stereocenters. The van der Waals surface area contributed by atoms with E-state index in [0.29, 0.717) is 11.5 Å². The van der Waals surface area contributed by atoms with Crippen molar-refractivity contribution in [3.8, 4) is 5.75 Å². The van der Waals surface area contributed by atoms with Crippen LogP contribution in [0.1, 0.15) is 19.4 Å². The van der Waals surface area contributed by atoms with Gasteiger partial charge in [0.05, 0.1) is 12.8 Å². The minimum absolute atomic E-state index is 0.446. The van der Waals surface area contributed by atoms with Crippen molar-refractivity contribution in [3.05, 3.63) is 42.0 Å². The summed E-state index contributed by atoms with van der Waals surface area (Å²) in [5.74, 6) is 0.255. The Bertz CT molecular complexity index is 647. The smallest absolute Gasteiger partial charge is 0.331 e. The van der Waals surface area contributed by atoms with E-state index in [9.17, 15) is 4.79 Å². The molecule has 0 aromatic heterocycles. The fourth-order valence-corrected chi connectivity index (χ4v) is 1.97. The summed E-state index contributed by atoms with van der Waals surface area (Å²) in [4.78, 5) is 15.5. The van der Waals surface area contributed by atoms with E-state index >= 15 is 0 Å². The molecule has 0 aliphatic carbocycles. The summed E-state index contributed by atoms with van der Waals surface area (Å²) in [5.41, 5.74) is 1.44. The SMILES string of the molecule is COc1ccc2ccccc2c1C(C)=NOC(C)=O. The van der Waals surface area contributed by atoms with E-state index < -0.39 is 5.97 Å². The van der Waals surface area contributed by atoms with Gasteiger partial charge in [0.15, 0.2) is 0 Å². The number of hydrogen-bond donors (Lipinski definition) is 0. The average molecular weight is 257 g/mol. The Labute approximate surface area is 111 Å². The van der Waals surface area contributed by atoms with Gasteiger partial charge in [-0.1, -0.05) is 35.5 Å². The lowest BCUT2D eigenvalue weighted by Crippen LogP contribution is -2.03. The molecule has 2 rings (SSSR count). The van der Waals surface area contributed by atoms with Gasteiger partial charge in [-0.05, 0) is 23.8 Å². The van der Waals surface area contributed by atoms with Crippen LogP contribution in [0.3, 0.4) is 0 Å². The molecule has 98 valence electrons. The number of benzene rings is 2. The highest BCUT2D eigenvalue weighted by atomic mass is 16.7. The summed E-state index contributed by atoms with van der Waals surface area (Å²) in [6.45, 7) is 3.10. The molecular weight excluding hydrogens is 242 g/mol. The molecule has 0 N–H and O–H groups in total. The second-order valence-corrected chi connectivity index (χ2v) is 4.12. The van der Waals surface area contributed by atoms with Crippen LogP contribution >= 0.6 is 0 Å². The van der Waals surface area contributed by atoms with Gasteiger partial charge in [0.2, 0.25) is 0 Å². The number of hydrogen-bond acceptors (Lipinski definition) is 4. The Balaban J connectivity index is 2.61. The first-order chi connectivity index (χ1) is 9.13. The zero-order chi connectivity index (χ0) is 13.8. The number of carbonyl (C=O) groups is 1. The normalized spacial score (nSPS) is 11.4. The number of oxime groups is 1. The molecular formula is C15H15NO3. The fourth-order valence-electron chi connectivity index (χ4n) is 1.97. The lowest BCUT2D eigenvalue weighted by molar-refractivity contribution is -0.140. The van der Waals surface area contributed by atoms with Crippen LogP contribution in [0.2, 0.25) is 0 Å². The molecule has 4 nitrogen and oxygen atoms in total. The average Bonchev–Trinajstić information content (AvgIpc) is 2.43. The third-order valence-electron chi connectivity index (χ3n) is 2.78. The third-order valence-corrected chi connectivity index (χ3v) is 2.78.